The average molecular weight is 314 g/mol. The van der Waals surface area contributed by atoms with Crippen LogP contribution in [0.5, 0.6) is 0 Å². The van der Waals surface area contributed by atoms with Crippen molar-refractivity contribution in [1.29, 1.82) is 0 Å². The fourth-order valence-electron chi connectivity index (χ4n) is 2.85. The Labute approximate surface area is 136 Å². The van der Waals surface area contributed by atoms with E-state index in [1.807, 2.05) is 36.4 Å². The zero-order valence-corrected chi connectivity index (χ0v) is 13.4. The smallest absolute Gasteiger partial charge is 0.206 e. The summed E-state index contributed by atoms with van der Waals surface area (Å²) in [7, 11) is 2.09. The van der Waals surface area contributed by atoms with Gasteiger partial charge in [0.15, 0.2) is 0 Å². The first-order valence-electron chi connectivity index (χ1n) is 7.54. The Morgan fingerprint density at radius 3 is 2.32 bits per heavy atom. The van der Waals surface area contributed by atoms with Gasteiger partial charge >= 0.3 is 0 Å². The van der Waals surface area contributed by atoms with E-state index in [-0.39, 0.29) is 0 Å². The standard InChI is InChI=1S/C18H20ClN3/c1-21-14-17(12-13-19)22(16-10-6-3-7-11-16)18(21)20-15-8-4-2-5-9-15/h2-11,17H,12-14H2,1H3. The van der Waals surface area contributed by atoms with Crippen molar-refractivity contribution in [2.24, 2.45) is 4.99 Å². The molecule has 1 aliphatic heterocycles. The number of rotatable bonds is 4. The zero-order chi connectivity index (χ0) is 15.4. The van der Waals surface area contributed by atoms with Crippen LogP contribution in [0.1, 0.15) is 6.42 Å². The van der Waals surface area contributed by atoms with Gasteiger partial charge in [0.2, 0.25) is 5.96 Å². The second-order valence-electron chi connectivity index (χ2n) is 5.46. The van der Waals surface area contributed by atoms with Gasteiger partial charge in [-0.2, -0.15) is 0 Å². The summed E-state index contributed by atoms with van der Waals surface area (Å²) in [6.07, 6.45) is 0.939. The lowest BCUT2D eigenvalue weighted by Gasteiger charge is -2.25. The number of hydrogen-bond donors (Lipinski definition) is 0. The Balaban J connectivity index is 2.00. The first-order chi connectivity index (χ1) is 10.8. The SMILES string of the molecule is CN1CC(CCCl)N(c2ccccc2)C1=Nc1ccccc1. The van der Waals surface area contributed by atoms with Crippen LogP contribution in [-0.4, -0.2) is 36.4 Å². The third-order valence-corrected chi connectivity index (χ3v) is 4.09. The van der Waals surface area contributed by atoms with Gasteiger partial charge in [-0.05, 0) is 30.7 Å². The molecular formula is C18H20ClN3. The lowest BCUT2D eigenvalue weighted by Crippen LogP contribution is -2.35. The van der Waals surface area contributed by atoms with Crippen LogP contribution in [0.25, 0.3) is 0 Å². The van der Waals surface area contributed by atoms with Crippen LogP contribution in [0.3, 0.4) is 0 Å². The monoisotopic (exact) mass is 313 g/mol. The van der Waals surface area contributed by atoms with E-state index in [9.17, 15) is 0 Å². The maximum atomic E-state index is 6.00. The van der Waals surface area contributed by atoms with Gasteiger partial charge in [0.25, 0.3) is 0 Å². The van der Waals surface area contributed by atoms with Crippen molar-refractivity contribution in [3.63, 3.8) is 0 Å². The van der Waals surface area contributed by atoms with E-state index in [0.717, 1.165) is 30.3 Å². The summed E-state index contributed by atoms with van der Waals surface area (Å²) < 4.78 is 0. The van der Waals surface area contributed by atoms with Gasteiger partial charge in [-0.15, -0.1) is 11.6 Å². The van der Waals surface area contributed by atoms with Crippen LogP contribution in [0.15, 0.2) is 65.7 Å². The van der Waals surface area contributed by atoms with E-state index in [1.54, 1.807) is 0 Å². The van der Waals surface area contributed by atoms with Crippen molar-refractivity contribution in [2.75, 3.05) is 24.4 Å². The summed E-state index contributed by atoms with van der Waals surface area (Å²) >= 11 is 6.00. The van der Waals surface area contributed by atoms with Crippen molar-refractivity contribution in [1.82, 2.24) is 4.90 Å². The molecule has 2 aromatic carbocycles. The van der Waals surface area contributed by atoms with E-state index in [2.05, 4.69) is 41.1 Å². The summed E-state index contributed by atoms with van der Waals surface area (Å²) in [5.74, 6) is 1.63. The van der Waals surface area contributed by atoms with Crippen molar-refractivity contribution < 1.29 is 0 Å². The Bertz CT molecular complexity index is 627. The summed E-state index contributed by atoms with van der Waals surface area (Å²) in [6, 6.07) is 20.8. The van der Waals surface area contributed by atoms with E-state index >= 15 is 0 Å². The third kappa shape index (κ3) is 3.09. The average Bonchev–Trinajstić information content (AvgIpc) is 2.85. The highest BCUT2D eigenvalue weighted by Gasteiger charge is 2.33. The molecule has 1 aliphatic rings. The molecule has 22 heavy (non-hydrogen) atoms. The highest BCUT2D eigenvalue weighted by Crippen LogP contribution is 2.27. The van der Waals surface area contributed by atoms with Crippen LogP contribution in [0.2, 0.25) is 0 Å². The molecule has 1 heterocycles. The van der Waals surface area contributed by atoms with Gasteiger partial charge in [0.1, 0.15) is 0 Å². The predicted octanol–water partition coefficient (Wildman–Crippen LogP) is 4.12. The number of alkyl halides is 1. The number of para-hydroxylation sites is 2. The number of hydrogen-bond acceptors (Lipinski definition) is 1. The highest BCUT2D eigenvalue weighted by atomic mass is 35.5. The molecule has 2 aromatic rings. The molecule has 3 nitrogen and oxygen atoms in total. The second kappa shape index (κ2) is 6.84. The van der Waals surface area contributed by atoms with Crippen molar-refractivity contribution in [3.05, 3.63) is 60.7 Å². The molecule has 0 saturated carbocycles. The van der Waals surface area contributed by atoms with Gasteiger partial charge < -0.3 is 9.80 Å². The summed E-state index contributed by atoms with van der Waals surface area (Å²) in [5.41, 5.74) is 2.13. The van der Waals surface area contributed by atoms with Gasteiger partial charge in [0.05, 0.1) is 11.7 Å². The minimum absolute atomic E-state index is 0.354. The molecule has 0 amide bonds. The molecule has 1 unspecified atom stereocenters. The Kier molecular flexibility index (Phi) is 4.64. The molecule has 0 spiro atoms. The van der Waals surface area contributed by atoms with Gasteiger partial charge in [-0.3, -0.25) is 0 Å². The number of benzene rings is 2. The molecule has 0 bridgehead atoms. The van der Waals surface area contributed by atoms with E-state index < -0.39 is 0 Å². The Morgan fingerprint density at radius 2 is 1.68 bits per heavy atom. The number of nitrogens with zero attached hydrogens (tertiary/aromatic N) is 3. The fourth-order valence-corrected chi connectivity index (χ4v) is 3.10. The highest BCUT2D eigenvalue weighted by molar-refractivity contribution is 6.18. The van der Waals surface area contributed by atoms with Crippen LogP contribution in [0.4, 0.5) is 11.4 Å². The zero-order valence-electron chi connectivity index (χ0n) is 12.7. The largest absolute Gasteiger partial charge is 0.343 e. The lowest BCUT2D eigenvalue weighted by molar-refractivity contribution is 0.506. The molecule has 0 radical (unpaired) electrons. The maximum Gasteiger partial charge on any atom is 0.206 e. The van der Waals surface area contributed by atoms with Gasteiger partial charge in [0, 0.05) is 25.2 Å². The summed E-state index contributed by atoms with van der Waals surface area (Å²) in [4.78, 5) is 9.36. The first-order valence-corrected chi connectivity index (χ1v) is 8.08. The van der Waals surface area contributed by atoms with Crippen LogP contribution in [0, 0.1) is 0 Å². The topological polar surface area (TPSA) is 18.8 Å². The van der Waals surface area contributed by atoms with E-state index in [1.165, 1.54) is 0 Å². The molecule has 1 fully saturated rings. The van der Waals surface area contributed by atoms with Crippen LogP contribution in [-0.2, 0) is 0 Å². The number of anilines is 1. The molecule has 1 atom stereocenters. The maximum absolute atomic E-state index is 6.00. The normalized spacial score (nSPS) is 19.9. The van der Waals surface area contributed by atoms with Gasteiger partial charge in [-0.25, -0.2) is 4.99 Å². The van der Waals surface area contributed by atoms with Crippen LogP contribution < -0.4 is 4.90 Å². The van der Waals surface area contributed by atoms with Crippen molar-refractivity contribution in [3.8, 4) is 0 Å². The predicted molar refractivity (Wildman–Crippen MR) is 94.2 cm³/mol. The number of aliphatic imine (C=N–C) groups is 1. The number of likely N-dealkylation sites (N-methyl/N-ethyl adjacent to an activating group) is 1. The van der Waals surface area contributed by atoms with Crippen molar-refractivity contribution in [2.45, 2.75) is 12.5 Å². The fraction of sp³-hybridized carbons (Fsp3) is 0.278. The van der Waals surface area contributed by atoms with Crippen molar-refractivity contribution >= 4 is 28.9 Å². The van der Waals surface area contributed by atoms with Crippen LogP contribution >= 0.6 is 11.6 Å². The quantitative estimate of drug-likeness (QED) is 0.791. The van der Waals surface area contributed by atoms with Gasteiger partial charge in [-0.1, -0.05) is 36.4 Å². The molecule has 114 valence electrons. The van der Waals surface area contributed by atoms with E-state index in [0.29, 0.717) is 11.9 Å². The number of halogens is 1. The molecule has 0 aliphatic carbocycles. The lowest BCUT2D eigenvalue weighted by atomic mass is 10.2. The first kappa shape index (κ1) is 14.9. The minimum Gasteiger partial charge on any atom is -0.343 e. The molecule has 3 rings (SSSR count). The Hall–Kier alpha value is -2.00. The molecule has 0 N–H and O–H groups in total. The second-order valence-corrected chi connectivity index (χ2v) is 5.84. The summed E-state index contributed by atoms with van der Waals surface area (Å²) in [6.45, 7) is 0.938. The van der Waals surface area contributed by atoms with E-state index in [4.69, 9.17) is 16.6 Å². The third-order valence-electron chi connectivity index (χ3n) is 3.87. The molecular weight excluding hydrogens is 294 g/mol. The minimum atomic E-state index is 0.354. The molecule has 1 saturated heterocycles. The molecule has 0 aromatic heterocycles. The summed E-state index contributed by atoms with van der Waals surface area (Å²) in [5, 5.41) is 0. The Morgan fingerprint density at radius 1 is 1.05 bits per heavy atom. The molecule has 4 heteroatoms. The number of guanidine groups is 1.